The zero-order valence-corrected chi connectivity index (χ0v) is 11.3. The molecular formula is C13H19N3OS. The zero-order chi connectivity index (χ0) is 12.4. The molecule has 1 saturated heterocycles. The third-order valence-corrected chi connectivity index (χ3v) is 4.39. The van der Waals surface area contributed by atoms with Crippen molar-refractivity contribution in [3.05, 3.63) is 22.4 Å². The molecule has 98 valence electrons. The van der Waals surface area contributed by atoms with Crippen molar-refractivity contribution in [1.82, 2.24) is 15.1 Å². The van der Waals surface area contributed by atoms with Crippen LogP contribution < -0.4 is 5.32 Å². The Hall–Kier alpha value is -1.07. The SMILES string of the molecule is O=C(N1CCNCC1)N(Cc1cccs1)C1CC1. The van der Waals surface area contributed by atoms with E-state index in [1.165, 1.54) is 17.7 Å². The molecule has 2 aliphatic rings. The van der Waals surface area contributed by atoms with Gasteiger partial charge in [-0.2, -0.15) is 0 Å². The van der Waals surface area contributed by atoms with E-state index >= 15 is 0 Å². The van der Waals surface area contributed by atoms with Gasteiger partial charge in [0.1, 0.15) is 0 Å². The summed E-state index contributed by atoms with van der Waals surface area (Å²) in [5, 5.41) is 5.37. The van der Waals surface area contributed by atoms with E-state index in [1.807, 2.05) is 4.90 Å². The van der Waals surface area contributed by atoms with Gasteiger partial charge in [-0.3, -0.25) is 0 Å². The van der Waals surface area contributed by atoms with Gasteiger partial charge in [-0.25, -0.2) is 4.79 Å². The predicted molar refractivity (Wildman–Crippen MR) is 72.7 cm³/mol. The van der Waals surface area contributed by atoms with Crippen LogP contribution in [0.2, 0.25) is 0 Å². The standard InChI is InChI=1S/C13H19N3OS/c17-13(15-7-5-14-6-8-15)16(11-3-4-11)10-12-2-1-9-18-12/h1-2,9,11,14H,3-8,10H2. The number of hydrogen-bond acceptors (Lipinski definition) is 3. The molecule has 2 amide bonds. The highest BCUT2D eigenvalue weighted by atomic mass is 32.1. The number of piperazine rings is 1. The highest BCUT2D eigenvalue weighted by Crippen LogP contribution is 2.30. The van der Waals surface area contributed by atoms with Crippen LogP contribution in [0, 0.1) is 0 Å². The Morgan fingerprint density at radius 3 is 2.83 bits per heavy atom. The topological polar surface area (TPSA) is 35.6 Å². The van der Waals surface area contributed by atoms with E-state index < -0.39 is 0 Å². The molecule has 1 aliphatic carbocycles. The van der Waals surface area contributed by atoms with Crippen molar-refractivity contribution in [1.29, 1.82) is 0 Å². The Bertz CT molecular complexity index is 396. The van der Waals surface area contributed by atoms with E-state index in [0.29, 0.717) is 6.04 Å². The fourth-order valence-corrected chi connectivity index (χ4v) is 3.05. The van der Waals surface area contributed by atoms with Crippen molar-refractivity contribution >= 4 is 17.4 Å². The van der Waals surface area contributed by atoms with Crippen molar-refractivity contribution < 1.29 is 4.79 Å². The van der Waals surface area contributed by atoms with Crippen molar-refractivity contribution in [2.75, 3.05) is 26.2 Å². The van der Waals surface area contributed by atoms with E-state index in [-0.39, 0.29) is 6.03 Å². The molecule has 2 fully saturated rings. The number of nitrogens with zero attached hydrogens (tertiary/aromatic N) is 2. The summed E-state index contributed by atoms with van der Waals surface area (Å²) in [4.78, 5) is 17.9. The molecule has 0 spiro atoms. The molecule has 1 aromatic heterocycles. The highest BCUT2D eigenvalue weighted by molar-refractivity contribution is 7.09. The molecule has 18 heavy (non-hydrogen) atoms. The molecule has 1 aromatic rings. The smallest absolute Gasteiger partial charge is 0.320 e. The van der Waals surface area contributed by atoms with Gasteiger partial charge in [0.25, 0.3) is 0 Å². The Balaban J connectivity index is 1.66. The first-order chi connectivity index (χ1) is 8.84. The van der Waals surface area contributed by atoms with Crippen molar-refractivity contribution in [2.45, 2.75) is 25.4 Å². The predicted octanol–water partition coefficient (Wildman–Crippen LogP) is 1.74. The summed E-state index contributed by atoms with van der Waals surface area (Å²) in [7, 11) is 0. The first-order valence-corrected chi connectivity index (χ1v) is 7.51. The van der Waals surface area contributed by atoms with Crippen molar-refractivity contribution in [3.63, 3.8) is 0 Å². The summed E-state index contributed by atoms with van der Waals surface area (Å²) >= 11 is 1.74. The molecule has 0 unspecified atom stereocenters. The molecule has 2 heterocycles. The van der Waals surface area contributed by atoms with Gasteiger partial charge in [0, 0.05) is 37.1 Å². The molecule has 0 aromatic carbocycles. The van der Waals surface area contributed by atoms with E-state index in [1.54, 1.807) is 11.3 Å². The molecular weight excluding hydrogens is 246 g/mol. The fourth-order valence-electron chi connectivity index (χ4n) is 2.35. The largest absolute Gasteiger partial charge is 0.322 e. The van der Waals surface area contributed by atoms with Crippen LogP contribution in [0.25, 0.3) is 0 Å². The monoisotopic (exact) mass is 265 g/mol. The Labute approximate surface area is 112 Å². The molecule has 0 atom stereocenters. The van der Waals surface area contributed by atoms with Crippen molar-refractivity contribution in [2.24, 2.45) is 0 Å². The van der Waals surface area contributed by atoms with Gasteiger partial charge in [-0.05, 0) is 24.3 Å². The van der Waals surface area contributed by atoms with E-state index in [0.717, 1.165) is 32.7 Å². The molecule has 1 saturated carbocycles. The number of thiophene rings is 1. The minimum atomic E-state index is 0.229. The summed E-state index contributed by atoms with van der Waals surface area (Å²) in [6, 6.07) is 4.88. The maximum Gasteiger partial charge on any atom is 0.320 e. The van der Waals surface area contributed by atoms with Crippen LogP contribution in [0.15, 0.2) is 17.5 Å². The number of carbonyl (C=O) groups is 1. The number of carbonyl (C=O) groups excluding carboxylic acids is 1. The number of hydrogen-bond donors (Lipinski definition) is 1. The number of rotatable bonds is 3. The Morgan fingerprint density at radius 2 is 2.22 bits per heavy atom. The number of nitrogens with one attached hydrogen (secondary N) is 1. The van der Waals surface area contributed by atoms with Gasteiger partial charge in [0.15, 0.2) is 0 Å². The van der Waals surface area contributed by atoms with Crippen LogP contribution in [0.1, 0.15) is 17.7 Å². The lowest BCUT2D eigenvalue weighted by Gasteiger charge is -2.33. The van der Waals surface area contributed by atoms with Crippen LogP contribution in [0.3, 0.4) is 0 Å². The first kappa shape index (κ1) is 12.0. The molecule has 1 N–H and O–H groups in total. The first-order valence-electron chi connectivity index (χ1n) is 6.63. The maximum atomic E-state index is 12.5. The summed E-state index contributed by atoms with van der Waals surface area (Å²) < 4.78 is 0. The quantitative estimate of drug-likeness (QED) is 0.903. The summed E-state index contributed by atoms with van der Waals surface area (Å²) in [5.41, 5.74) is 0. The van der Waals surface area contributed by atoms with Crippen LogP contribution in [0.4, 0.5) is 4.79 Å². The molecule has 4 nitrogen and oxygen atoms in total. The third kappa shape index (κ3) is 2.67. The summed E-state index contributed by atoms with van der Waals surface area (Å²) in [6.07, 6.45) is 2.34. The average molecular weight is 265 g/mol. The fraction of sp³-hybridized carbons (Fsp3) is 0.615. The van der Waals surface area contributed by atoms with Gasteiger partial charge in [0.05, 0.1) is 6.54 Å². The maximum absolute atomic E-state index is 12.5. The lowest BCUT2D eigenvalue weighted by molar-refractivity contribution is 0.141. The minimum Gasteiger partial charge on any atom is -0.322 e. The van der Waals surface area contributed by atoms with Crippen LogP contribution in [-0.4, -0.2) is 48.1 Å². The highest BCUT2D eigenvalue weighted by Gasteiger charge is 2.35. The van der Waals surface area contributed by atoms with Crippen LogP contribution in [0.5, 0.6) is 0 Å². The molecule has 3 rings (SSSR count). The molecule has 0 radical (unpaired) electrons. The van der Waals surface area contributed by atoms with Gasteiger partial charge < -0.3 is 15.1 Å². The molecule has 5 heteroatoms. The average Bonchev–Trinajstić information content (AvgIpc) is 3.13. The lowest BCUT2D eigenvalue weighted by Crippen LogP contribution is -2.51. The molecule has 1 aliphatic heterocycles. The van der Waals surface area contributed by atoms with E-state index in [9.17, 15) is 4.79 Å². The molecule has 0 bridgehead atoms. The number of urea groups is 1. The van der Waals surface area contributed by atoms with E-state index in [2.05, 4.69) is 27.7 Å². The lowest BCUT2D eigenvalue weighted by atomic mass is 10.3. The van der Waals surface area contributed by atoms with E-state index in [4.69, 9.17) is 0 Å². The van der Waals surface area contributed by atoms with Gasteiger partial charge >= 0.3 is 6.03 Å². The third-order valence-electron chi connectivity index (χ3n) is 3.53. The Kier molecular flexibility index (Phi) is 3.52. The van der Waals surface area contributed by atoms with Crippen molar-refractivity contribution in [3.8, 4) is 0 Å². The second-order valence-electron chi connectivity index (χ2n) is 4.96. The second-order valence-corrected chi connectivity index (χ2v) is 5.99. The number of amides is 2. The second kappa shape index (κ2) is 5.28. The van der Waals surface area contributed by atoms with Crippen LogP contribution >= 0.6 is 11.3 Å². The normalized spacial score (nSPS) is 19.9. The van der Waals surface area contributed by atoms with Crippen LogP contribution in [-0.2, 0) is 6.54 Å². The van der Waals surface area contributed by atoms with Gasteiger partial charge in [-0.15, -0.1) is 11.3 Å². The van der Waals surface area contributed by atoms with Gasteiger partial charge in [0.2, 0.25) is 0 Å². The van der Waals surface area contributed by atoms with Gasteiger partial charge in [-0.1, -0.05) is 6.07 Å². The summed E-state index contributed by atoms with van der Waals surface area (Å²) in [5.74, 6) is 0. The Morgan fingerprint density at radius 1 is 1.44 bits per heavy atom. The minimum absolute atomic E-state index is 0.229. The summed E-state index contributed by atoms with van der Waals surface area (Å²) in [6.45, 7) is 4.30. The zero-order valence-electron chi connectivity index (χ0n) is 10.5.